The van der Waals surface area contributed by atoms with Gasteiger partial charge in [-0.2, -0.15) is 8.42 Å². The van der Waals surface area contributed by atoms with E-state index in [0.717, 1.165) is 103 Å². The first-order valence-electron chi connectivity index (χ1n) is 27.0. The van der Waals surface area contributed by atoms with Crippen molar-refractivity contribution in [2.45, 2.75) is 211 Å². The van der Waals surface area contributed by atoms with E-state index >= 15 is 0 Å². The van der Waals surface area contributed by atoms with Crippen molar-refractivity contribution in [3.63, 3.8) is 0 Å². The largest absolute Gasteiger partial charge is 0.462 e. The highest BCUT2D eigenvalue weighted by molar-refractivity contribution is 7.80. The molecule has 13 heteroatoms. The molecule has 0 aromatic heterocycles. The van der Waals surface area contributed by atoms with Gasteiger partial charge in [-0.05, 0) is 84.0 Å². The van der Waals surface area contributed by atoms with Crippen LogP contribution >= 0.6 is 0 Å². The maximum Gasteiger partial charge on any atom is 0.397 e. The summed E-state index contributed by atoms with van der Waals surface area (Å²) in [6, 6.07) is 28.7. The number of hydrogen-bond acceptors (Lipinski definition) is 10. The number of unbranched alkanes of at least 4 members (excludes halogenated alkanes) is 18. The first kappa shape index (κ1) is 57.5. The molecular formula is C58H83NO11S. The Labute approximate surface area is 424 Å². The molecule has 1 aliphatic heterocycles. The number of aryl methyl sites for hydroxylation is 2. The van der Waals surface area contributed by atoms with Gasteiger partial charge in [-0.25, -0.2) is 4.18 Å². The fourth-order valence-corrected chi connectivity index (χ4v) is 10.5. The van der Waals surface area contributed by atoms with Crippen LogP contribution < -0.4 is 5.32 Å². The number of carbonyl (C=O) groups is 3. The number of hydrogen-bond donors (Lipinski definition) is 3. The molecule has 12 nitrogen and oxygen atoms in total. The lowest BCUT2D eigenvalue weighted by molar-refractivity contribution is -0.186. The van der Waals surface area contributed by atoms with Gasteiger partial charge in [-0.15, -0.1) is 0 Å². The summed E-state index contributed by atoms with van der Waals surface area (Å²) in [7, 11) is -5.09. The van der Waals surface area contributed by atoms with Gasteiger partial charge in [0.05, 0.1) is 25.7 Å². The van der Waals surface area contributed by atoms with Gasteiger partial charge in [-0.3, -0.25) is 18.9 Å². The lowest BCUT2D eigenvalue weighted by atomic mass is 9.97. The van der Waals surface area contributed by atoms with Crippen LogP contribution in [-0.4, -0.2) is 79.6 Å². The van der Waals surface area contributed by atoms with Crippen LogP contribution in [0, 0.1) is 0 Å². The summed E-state index contributed by atoms with van der Waals surface area (Å²) in [6.45, 7) is 1.28. The van der Waals surface area contributed by atoms with Crippen LogP contribution in [0.5, 0.6) is 0 Å². The third-order valence-electron chi connectivity index (χ3n) is 13.9. The maximum absolute atomic E-state index is 13.8. The van der Waals surface area contributed by atoms with Crippen LogP contribution in [0.3, 0.4) is 0 Å². The van der Waals surface area contributed by atoms with E-state index in [9.17, 15) is 32.5 Å². The van der Waals surface area contributed by atoms with E-state index in [1.54, 1.807) is 0 Å². The van der Waals surface area contributed by atoms with Crippen LogP contribution in [0.2, 0.25) is 0 Å². The molecule has 0 spiro atoms. The first-order valence-corrected chi connectivity index (χ1v) is 28.4. The summed E-state index contributed by atoms with van der Waals surface area (Å²) >= 11 is 0. The number of carbonyl (C=O) groups excluding carboxylic acids is 3. The van der Waals surface area contributed by atoms with Gasteiger partial charge in [0.1, 0.15) is 18.3 Å². The van der Waals surface area contributed by atoms with Crippen molar-refractivity contribution < 1.29 is 50.9 Å². The molecule has 5 atom stereocenters. The van der Waals surface area contributed by atoms with Crippen molar-refractivity contribution in [2.75, 3.05) is 13.2 Å². The number of esters is 2. The van der Waals surface area contributed by atoms with Crippen LogP contribution in [0.15, 0.2) is 84.9 Å². The van der Waals surface area contributed by atoms with Crippen molar-refractivity contribution in [2.24, 2.45) is 0 Å². The molecular weight excluding hydrogens is 919 g/mol. The summed E-state index contributed by atoms with van der Waals surface area (Å²) in [6.07, 6.45) is 19.0. The maximum atomic E-state index is 13.8. The molecule has 392 valence electrons. The van der Waals surface area contributed by atoms with Gasteiger partial charge >= 0.3 is 22.3 Å². The zero-order valence-electron chi connectivity index (χ0n) is 42.5. The summed E-state index contributed by atoms with van der Waals surface area (Å²) in [4.78, 5) is 40.3. The summed E-state index contributed by atoms with van der Waals surface area (Å²) in [5.74, 6) is -1.49. The molecule has 3 N–H and O–H groups in total. The van der Waals surface area contributed by atoms with E-state index < -0.39 is 59.3 Å². The first-order chi connectivity index (χ1) is 34.5. The smallest absolute Gasteiger partial charge is 0.397 e. The monoisotopic (exact) mass is 1000 g/mol. The molecule has 5 rings (SSSR count). The molecule has 71 heavy (non-hydrogen) atoms. The van der Waals surface area contributed by atoms with E-state index in [4.69, 9.17) is 18.4 Å². The Morgan fingerprint density at radius 1 is 0.620 bits per heavy atom. The third-order valence-corrected chi connectivity index (χ3v) is 14.3. The highest BCUT2D eigenvalue weighted by Crippen LogP contribution is 2.26. The Bertz CT molecular complexity index is 2270. The summed E-state index contributed by atoms with van der Waals surface area (Å²) in [5, 5.41) is 18.0. The number of rotatable bonds is 36. The van der Waals surface area contributed by atoms with Crippen LogP contribution in [0.1, 0.15) is 179 Å². The fraction of sp³-hybridized carbons (Fsp3) is 0.603. The molecule has 1 fully saturated rings. The average molecular weight is 1000 g/mol. The Hall–Kier alpha value is -4.40. The standard InChI is InChI=1S/C58H83NO11S/c1-2-3-4-5-6-7-8-15-20-37-49(68-55(62)40-21-16-11-9-13-18-29-45-33-27-35-47-31-23-25-38-50(45)47)42-54(61)59-52-44-67-53(43-60)58(70-71(64,65)66)57(52)69-56(63)41-22-17-12-10-14-19-30-46-34-28-36-48-32-24-26-39-51(46)48/h23-28,31-36,38-39,49,52-53,57-58,60H,2-22,29-30,37,40-44H2,1H3,(H,59,61)(H,64,65,66)/t49-,52+,53-,57-,58-/m1/s1. The van der Waals surface area contributed by atoms with Crippen LogP contribution in [-0.2, 0) is 56.0 Å². The van der Waals surface area contributed by atoms with E-state index in [-0.39, 0.29) is 31.8 Å². The molecule has 1 heterocycles. The van der Waals surface area contributed by atoms with Crippen LogP contribution in [0.4, 0.5) is 0 Å². The highest BCUT2D eigenvalue weighted by Gasteiger charge is 2.46. The summed E-state index contributed by atoms with van der Waals surface area (Å²) in [5.41, 5.74) is 2.72. The van der Waals surface area contributed by atoms with Crippen molar-refractivity contribution in [3.8, 4) is 0 Å². The zero-order valence-corrected chi connectivity index (χ0v) is 43.3. The molecule has 1 amide bonds. The number of nitrogens with one attached hydrogen (secondary N) is 1. The molecule has 4 aromatic carbocycles. The minimum atomic E-state index is -5.09. The number of benzene rings is 4. The van der Waals surface area contributed by atoms with Gasteiger partial charge in [0.2, 0.25) is 5.91 Å². The highest BCUT2D eigenvalue weighted by atomic mass is 32.3. The Balaban J connectivity index is 1.08. The Morgan fingerprint density at radius 3 is 1.63 bits per heavy atom. The van der Waals surface area contributed by atoms with Crippen molar-refractivity contribution in [3.05, 3.63) is 96.1 Å². The molecule has 1 aliphatic rings. The van der Waals surface area contributed by atoms with Gasteiger partial charge in [0.25, 0.3) is 0 Å². The van der Waals surface area contributed by atoms with E-state index in [2.05, 4.69) is 97.2 Å². The number of ether oxygens (including phenoxy) is 3. The van der Waals surface area contributed by atoms with Crippen molar-refractivity contribution >= 4 is 49.8 Å². The third kappa shape index (κ3) is 21.7. The number of aliphatic hydroxyl groups excluding tert-OH is 1. The normalized spacial score (nSPS) is 17.6. The van der Waals surface area contributed by atoms with E-state index in [0.29, 0.717) is 19.3 Å². The molecule has 0 unspecified atom stereocenters. The van der Waals surface area contributed by atoms with E-state index in [1.807, 2.05) is 0 Å². The van der Waals surface area contributed by atoms with Crippen molar-refractivity contribution in [1.29, 1.82) is 0 Å². The minimum Gasteiger partial charge on any atom is -0.462 e. The van der Waals surface area contributed by atoms with Gasteiger partial charge in [0.15, 0.2) is 6.10 Å². The second-order valence-electron chi connectivity index (χ2n) is 19.6. The SMILES string of the molecule is CCCCCCCCCCC[C@H](CC(=O)N[C@H]1CO[C@H](CO)[C@@H](OS(=O)(=O)O)[C@@H]1OC(=O)CCCCCCCCc1cccc2ccccc12)OC(=O)CCCCCCCCc1cccc2ccccc12. The lowest BCUT2D eigenvalue weighted by Gasteiger charge is -2.40. The fourth-order valence-electron chi connectivity index (χ4n) is 9.96. The van der Waals surface area contributed by atoms with E-state index in [1.165, 1.54) is 64.8 Å². The van der Waals surface area contributed by atoms with Crippen molar-refractivity contribution in [1.82, 2.24) is 5.32 Å². The molecule has 0 bridgehead atoms. The molecule has 0 saturated carbocycles. The van der Waals surface area contributed by atoms with Gasteiger partial charge in [0, 0.05) is 12.8 Å². The second kappa shape index (κ2) is 32.6. The summed E-state index contributed by atoms with van der Waals surface area (Å²) < 4.78 is 56.1. The van der Waals surface area contributed by atoms with Crippen LogP contribution in [0.25, 0.3) is 21.5 Å². The molecule has 0 aliphatic carbocycles. The Morgan fingerprint density at radius 2 is 1.10 bits per heavy atom. The topological polar surface area (TPSA) is 175 Å². The number of amides is 1. The number of fused-ring (bicyclic) bond motifs is 2. The molecule has 1 saturated heterocycles. The zero-order chi connectivity index (χ0) is 50.5. The lowest BCUT2D eigenvalue weighted by Crippen LogP contribution is -2.62. The second-order valence-corrected chi connectivity index (χ2v) is 20.7. The predicted molar refractivity (Wildman–Crippen MR) is 281 cm³/mol. The minimum absolute atomic E-state index is 0.0407. The predicted octanol–water partition coefficient (Wildman–Crippen LogP) is 12.4. The van der Waals surface area contributed by atoms with Gasteiger partial charge in [-0.1, -0.05) is 195 Å². The molecule has 4 aromatic rings. The average Bonchev–Trinajstić information content (AvgIpc) is 3.35. The Kier molecular flexibility index (Phi) is 26.4. The molecule has 0 radical (unpaired) electrons. The number of aliphatic hydroxyl groups is 1. The van der Waals surface area contributed by atoms with Gasteiger partial charge < -0.3 is 24.6 Å². The quantitative estimate of drug-likeness (QED) is 0.0225.